The van der Waals surface area contributed by atoms with Crippen molar-refractivity contribution in [3.63, 3.8) is 0 Å². The van der Waals surface area contributed by atoms with E-state index < -0.39 is 11.0 Å². The van der Waals surface area contributed by atoms with E-state index in [4.69, 9.17) is 16.0 Å². The van der Waals surface area contributed by atoms with E-state index in [1.807, 2.05) is 48.5 Å². The molecule has 0 radical (unpaired) electrons. The van der Waals surface area contributed by atoms with Crippen molar-refractivity contribution in [2.24, 2.45) is 0 Å². The number of para-hydroxylation sites is 1. The summed E-state index contributed by atoms with van der Waals surface area (Å²) in [5, 5.41) is 16.3. The molecule has 3 heteroatoms. The summed E-state index contributed by atoms with van der Waals surface area (Å²) in [6.45, 7) is 0. The van der Waals surface area contributed by atoms with Crippen LogP contribution in [-0.4, -0.2) is 5.11 Å². The minimum absolute atomic E-state index is 0.591. The summed E-state index contributed by atoms with van der Waals surface area (Å²) in [7, 11) is 0. The van der Waals surface area contributed by atoms with E-state index in [-0.39, 0.29) is 0 Å². The summed E-state index contributed by atoms with van der Waals surface area (Å²) in [6, 6.07) is 54.5. The van der Waals surface area contributed by atoms with Crippen LogP contribution in [0.5, 0.6) is 0 Å². The fourth-order valence-corrected chi connectivity index (χ4v) is 8.78. The second-order valence-corrected chi connectivity index (χ2v) is 13.1. The molecule has 0 atom stereocenters. The predicted octanol–water partition coefficient (Wildman–Crippen LogP) is 10.9. The minimum Gasteiger partial charge on any atom is -0.456 e. The molecular weight excluding hydrogens is 596 g/mol. The highest BCUT2D eigenvalue weighted by atomic mass is 35.5. The molecule has 47 heavy (non-hydrogen) atoms. The van der Waals surface area contributed by atoms with Crippen LogP contribution in [0.3, 0.4) is 0 Å². The normalized spacial score (nSPS) is 14.9. The number of halogens is 1. The Labute approximate surface area is 277 Å². The molecule has 7 aromatic carbocycles. The van der Waals surface area contributed by atoms with E-state index in [1.165, 1.54) is 22.3 Å². The van der Waals surface area contributed by atoms with Crippen LogP contribution >= 0.6 is 11.6 Å². The highest BCUT2D eigenvalue weighted by Gasteiger charge is 2.56. The molecule has 0 unspecified atom stereocenters. The summed E-state index contributed by atoms with van der Waals surface area (Å²) in [5.74, 6) is 0. The Morgan fingerprint density at radius 3 is 1.62 bits per heavy atom. The first-order chi connectivity index (χ1) is 23.1. The van der Waals surface area contributed by atoms with E-state index in [0.717, 1.165) is 60.9 Å². The van der Waals surface area contributed by atoms with Gasteiger partial charge in [0.15, 0.2) is 0 Å². The smallest absolute Gasteiger partial charge is 0.141 e. The predicted molar refractivity (Wildman–Crippen MR) is 190 cm³/mol. The fraction of sp³-hybridized carbons (Fsp3) is 0.0455. The largest absolute Gasteiger partial charge is 0.456 e. The Bertz CT molecular complexity index is 2480. The number of aliphatic hydroxyl groups is 1. The maximum atomic E-state index is 13.6. The minimum atomic E-state index is -1.48. The molecule has 2 aliphatic carbocycles. The Hall–Kier alpha value is -5.41. The van der Waals surface area contributed by atoms with Gasteiger partial charge in [0.1, 0.15) is 16.8 Å². The van der Waals surface area contributed by atoms with Crippen molar-refractivity contribution in [2.75, 3.05) is 0 Å². The van der Waals surface area contributed by atoms with Gasteiger partial charge >= 0.3 is 0 Å². The lowest BCUT2D eigenvalue weighted by Gasteiger charge is -2.47. The van der Waals surface area contributed by atoms with Crippen LogP contribution in [0, 0.1) is 0 Å². The molecule has 1 heterocycles. The van der Waals surface area contributed by atoms with Crippen molar-refractivity contribution in [1.29, 1.82) is 0 Å². The van der Waals surface area contributed by atoms with Gasteiger partial charge in [-0.2, -0.15) is 0 Å². The summed E-state index contributed by atoms with van der Waals surface area (Å²) in [6.07, 6.45) is 0. The number of benzene rings is 7. The number of hydrogen-bond donors (Lipinski definition) is 1. The Kier molecular flexibility index (Phi) is 5.44. The molecule has 1 spiro atoms. The van der Waals surface area contributed by atoms with E-state index in [1.54, 1.807) is 0 Å². The molecule has 0 saturated carbocycles. The van der Waals surface area contributed by atoms with Crippen LogP contribution in [0.2, 0.25) is 5.02 Å². The fourth-order valence-electron chi connectivity index (χ4n) is 8.61. The van der Waals surface area contributed by atoms with Crippen LogP contribution in [0.4, 0.5) is 0 Å². The Balaban J connectivity index is 1.29. The molecule has 0 aliphatic heterocycles. The van der Waals surface area contributed by atoms with Gasteiger partial charge in [0.05, 0.1) is 5.41 Å². The molecule has 2 nitrogen and oxygen atoms in total. The first kappa shape index (κ1) is 26.8. The van der Waals surface area contributed by atoms with Crippen molar-refractivity contribution >= 4 is 33.5 Å². The van der Waals surface area contributed by atoms with Gasteiger partial charge in [0, 0.05) is 21.4 Å². The summed E-state index contributed by atoms with van der Waals surface area (Å²) in [5.41, 5.74) is 10.9. The second kappa shape index (κ2) is 9.56. The van der Waals surface area contributed by atoms with Crippen molar-refractivity contribution in [3.05, 3.63) is 202 Å². The lowest BCUT2D eigenvalue weighted by atomic mass is 9.56. The summed E-state index contributed by atoms with van der Waals surface area (Å²) < 4.78 is 6.30. The molecular formula is C44H27ClO2. The van der Waals surface area contributed by atoms with E-state index in [2.05, 4.69) is 109 Å². The van der Waals surface area contributed by atoms with Gasteiger partial charge in [-0.05, 0) is 86.0 Å². The average molecular weight is 623 g/mol. The molecule has 1 aromatic heterocycles. The van der Waals surface area contributed by atoms with Crippen LogP contribution in [0.15, 0.2) is 162 Å². The third-order valence-corrected chi connectivity index (χ3v) is 10.7. The van der Waals surface area contributed by atoms with Crippen LogP contribution < -0.4 is 0 Å². The zero-order chi connectivity index (χ0) is 31.3. The van der Waals surface area contributed by atoms with Gasteiger partial charge in [-0.25, -0.2) is 0 Å². The van der Waals surface area contributed by atoms with Gasteiger partial charge in [-0.1, -0.05) is 139 Å². The molecule has 0 saturated heterocycles. The van der Waals surface area contributed by atoms with Gasteiger partial charge in [0.25, 0.3) is 0 Å². The van der Waals surface area contributed by atoms with Crippen molar-refractivity contribution in [1.82, 2.24) is 0 Å². The molecule has 1 N–H and O–H groups in total. The van der Waals surface area contributed by atoms with Crippen LogP contribution in [0.25, 0.3) is 44.2 Å². The topological polar surface area (TPSA) is 33.4 Å². The van der Waals surface area contributed by atoms with Crippen molar-refractivity contribution in [2.45, 2.75) is 11.0 Å². The molecule has 0 bridgehead atoms. The van der Waals surface area contributed by atoms with E-state index in [0.29, 0.717) is 5.02 Å². The molecule has 8 aromatic rings. The quantitative estimate of drug-likeness (QED) is 0.208. The zero-order valence-electron chi connectivity index (χ0n) is 25.2. The standard InChI is InChI=1S/C44H27ClO2/c45-28-22-24-36(33(26-28)27-21-23-32-31-13-3-10-20-41(31)47-42(32)25-27)44(46)39-18-8-6-16-37(39)43(38-17-7-9-19-40(38)44)34-14-4-1-11-29(34)30-12-2-5-15-35(30)43/h1-26,46H. The van der Waals surface area contributed by atoms with Crippen LogP contribution in [-0.2, 0) is 11.0 Å². The Morgan fingerprint density at radius 2 is 0.957 bits per heavy atom. The third kappa shape index (κ3) is 3.39. The second-order valence-electron chi connectivity index (χ2n) is 12.6. The monoisotopic (exact) mass is 622 g/mol. The average Bonchev–Trinajstić information content (AvgIpc) is 3.64. The Morgan fingerprint density at radius 1 is 0.426 bits per heavy atom. The number of rotatable bonds is 2. The highest BCUT2D eigenvalue weighted by molar-refractivity contribution is 6.31. The van der Waals surface area contributed by atoms with Gasteiger partial charge in [-0.3, -0.25) is 0 Å². The van der Waals surface area contributed by atoms with E-state index in [9.17, 15) is 5.11 Å². The van der Waals surface area contributed by atoms with Gasteiger partial charge in [0.2, 0.25) is 0 Å². The molecule has 0 amide bonds. The highest BCUT2D eigenvalue weighted by Crippen LogP contribution is 2.63. The molecule has 10 rings (SSSR count). The summed E-state index contributed by atoms with van der Waals surface area (Å²) >= 11 is 6.74. The molecule has 222 valence electrons. The SMILES string of the molecule is OC1(c2ccc(Cl)cc2-c2ccc3c(c2)oc2ccccc23)c2ccccc2C2(c3ccccc3-c3ccccc32)c2ccccc21. The number of fused-ring (bicyclic) bond motifs is 12. The maximum absolute atomic E-state index is 13.6. The van der Waals surface area contributed by atoms with E-state index >= 15 is 0 Å². The van der Waals surface area contributed by atoms with Gasteiger partial charge < -0.3 is 9.52 Å². The molecule has 2 aliphatic rings. The first-order valence-corrected chi connectivity index (χ1v) is 16.3. The lowest BCUT2D eigenvalue weighted by molar-refractivity contribution is 0.119. The first-order valence-electron chi connectivity index (χ1n) is 15.9. The molecule has 0 fully saturated rings. The van der Waals surface area contributed by atoms with Crippen molar-refractivity contribution in [3.8, 4) is 22.3 Å². The number of hydrogen-bond acceptors (Lipinski definition) is 2. The van der Waals surface area contributed by atoms with Gasteiger partial charge in [-0.15, -0.1) is 0 Å². The maximum Gasteiger partial charge on any atom is 0.141 e. The van der Waals surface area contributed by atoms with Crippen molar-refractivity contribution < 1.29 is 9.52 Å². The zero-order valence-corrected chi connectivity index (χ0v) is 26.0. The van der Waals surface area contributed by atoms with Crippen LogP contribution in [0.1, 0.15) is 38.9 Å². The third-order valence-electron chi connectivity index (χ3n) is 10.5. The lowest BCUT2D eigenvalue weighted by Crippen LogP contribution is -2.44. The summed E-state index contributed by atoms with van der Waals surface area (Å²) in [4.78, 5) is 0. The number of furan rings is 1.